The Bertz CT molecular complexity index is 1050. The van der Waals surface area contributed by atoms with E-state index >= 15 is 0 Å². The highest BCUT2D eigenvalue weighted by Gasteiger charge is 2.71. The van der Waals surface area contributed by atoms with Crippen molar-refractivity contribution in [3.8, 4) is 11.5 Å². The third-order valence-corrected chi connectivity index (χ3v) is 8.29. The zero-order valence-electron chi connectivity index (χ0n) is 17.3. The number of carbonyl (C=O) groups excluding carboxylic acids is 1. The van der Waals surface area contributed by atoms with Gasteiger partial charge in [0.2, 0.25) is 0 Å². The van der Waals surface area contributed by atoms with E-state index in [1.165, 1.54) is 37.8 Å². The predicted molar refractivity (Wildman–Crippen MR) is 115 cm³/mol. The number of aromatic carboxylic acids is 1. The molecule has 2 aromatic carbocycles. The molecule has 3 bridgehead atoms. The summed E-state index contributed by atoms with van der Waals surface area (Å²) in [7, 11) is 0. The molecule has 0 saturated heterocycles. The highest BCUT2D eigenvalue weighted by atomic mass is 16.5. The number of amides is 2. The molecule has 0 heterocycles. The number of hydrogen-bond acceptors (Lipinski definition) is 3. The van der Waals surface area contributed by atoms with Crippen molar-refractivity contribution in [2.24, 2.45) is 23.2 Å². The van der Waals surface area contributed by atoms with Gasteiger partial charge in [-0.25, -0.2) is 9.59 Å². The number of carboxylic acid groups (broad SMARTS) is 1. The summed E-state index contributed by atoms with van der Waals surface area (Å²) in [6.07, 6.45) is 7.62. The number of carboxylic acids is 1. The minimum Gasteiger partial charge on any atom is -0.478 e. The molecule has 160 valence electrons. The van der Waals surface area contributed by atoms with Crippen LogP contribution < -0.4 is 15.4 Å². The molecule has 5 unspecified atom stereocenters. The average molecular weight is 418 g/mol. The Morgan fingerprint density at radius 2 is 1.61 bits per heavy atom. The van der Waals surface area contributed by atoms with Crippen LogP contribution >= 0.6 is 0 Å². The lowest BCUT2D eigenvalue weighted by molar-refractivity contribution is -0.000471. The lowest BCUT2D eigenvalue weighted by atomic mass is 9.56. The smallest absolute Gasteiger partial charge is 0.335 e. The number of fused-ring (bicyclic) bond motifs is 2. The van der Waals surface area contributed by atoms with Gasteiger partial charge in [-0.15, -0.1) is 0 Å². The maximum absolute atomic E-state index is 12.8. The third-order valence-electron chi connectivity index (χ3n) is 8.29. The Hall–Kier alpha value is -3.02. The lowest BCUT2D eigenvalue weighted by Gasteiger charge is -2.49. The summed E-state index contributed by atoms with van der Waals surface area (Å²) in [5.74, 6) is 2.76. The zero-order valence-corrected chi connectivity index (χ0v) is 17.3. The molecule has 0 radical (unpaired) electrons. The Labute approximate surface area is 181 Å². The molecular formula is C25H26N2O4. The van der Waals surface area contributed by atoms with Crippen molar-refractivity contribution in [1.82, 2.24) is 5.32 Å². The maximum Gasteiger partial charge on any atom is 0.335 e. The van der Waals surface area contributed by atoms with Crippen LogP contribution in [0.2, 0.25) is 0 Å². The summed E-state index contributed by atoms with van der Waals surface area (Å²) in [6, 6.07) is 13.4. The zero-order chi connectivity index (χ0) is 21.2. The first kappa shape index (κ1) is 18.7. The van der Waals surface area contributed by atoms with Crippen LogP contribution in [0.4, 0.5) is 10.5 Å². The molecule has 2 aromatic rings. The quantitative estimate of drug-likeness (QED) is 0.617. The second kappa shape index (κ2) is 6.49. The van der Waals surface area contributed by atoms with Gasteiger partial charge in [0.25, 0.3) is 0 Å². The SMILES string of the molecule is O=C(Nc1ccc(Oc2ccc(C(=O)O)cc2)cc1)NC12CC3CC4CC(C1)C4(C3)C2. The first-order valence-electron chi connectivity index (χ1n) is 11.1. The molecule has 4 saturated carbocycles. The molecule has 6 nitrogen and oxygen atoms in total. The van der Waals surface area contributed by atoms with E-state index in [4.69, 9.17) is 9.84 Å². The standard InChI is InChI=1S/C25H26N2O4/c28-22(29)16-1-5-20(6-2-16)31-21-7-3-19(4-8-21)26-23(30)27-24-11-15-9-17-10-18(13-24)25(17,12-15)14-24/h1-8,15,17-18H,9-14H2,(H,28,29)(H2,26,27,30). The Morgan fingerprint density at radius 1 is 0.903 bits per heavy atom. The van der Waals surface area contributed by atoms with Crippen LogP contribution in [-0.4, -0.2) is 22.6 Å². The van der Waals surface area contributed by atoms with E-state index in [0.29, 0.717) is 16.9 Å². The van der Waals surface area contributed by atoms with E-state index in [9.17, 15) is 9.59 Å². The van der Waals surface area contributed by atoms with Gasteiger partial charge in [0.1, 0.15) is 11.5 Å². The Balaban J connectivity index is 1.08. The average Bonchev–Trinajstić information content (AvgIpc) is 3.04. The van der Waals surface area contributed by atoms with E-state index in [1.54, 1.807) is 24.3 Å². The van der Waals surface area contributed by atoms with Crippen LogP contribution in [0.3, 0.4) is 0 Å². The topological polar surface area (TPSA) is 87.7 Å². The van der Waals surface area contributed by atoms with Crippen LogP contribution in [0, 0.1) is 23.2 Å². The van der Waals surface area contributed by atoms with E-state index in [0.717, 1.165) is 36.3 Å². The number of ether oxygens (including phenoxy) is 1. The van der Waals surface area contributed by atoms with Crippen LogP contribution in [0.1, 0.15) is 48.9 Å². The molecule has 4 aliphatic carbocycles. The molecule has 3 N–H and O–H groups in total. The number of carbonyl (C=O) groups is 2. The highest BCUT2D eigenvalue weighted by Crippen LogP contribution is 2.76. The van der Waals surface area contributed by atoms with Gasteiger partial charge >= 0.3 is 12.0 Å². The number of nitrogens with one attached hydrogen (secondary N) is 2. The second-order valence-electron chi connectivity index (χ2n) is 10.1. The fourth-order valence-electron chi connectivity index (χ4n) is 7.32. The molecule has 4 aliphatic rings. The summed E-state index contributed by atoms with van der Waals surface area (Å²) < 4.78 is 5.76. The van der Waals surface area contributed by atoms with E-state index in [1.807, 2.05) is 12.1 Å². The molecule has 6 rings (SSSR count). The molecule has 4 fully saturated rings. The molecular weight excluding hydrogens is 392 g/mol. The number of hydrogen-bond donors (Lipinski definition) is 3. The minimum absolute atomic E-state index is 0.00587. The van der Waals surface area contributed by atoms with Crippen molar-refractivity contribution in [3.05, 3.63) is 54.1 Å². The van der Waals surface area contributed by atoms with Crippen molar-refractivity contribution in [3.63, 3.8) is 0 Å². The molecule has 5 atom stereocenters. The van der Waals surface area contributed by atoms with E-state index in [2.05, 4.69) is 10.6 Å². The number of anilines is 1. The number of benzene rings is 2. The normalized spacial score (nSPS) is 34.0. The van der Waals surface area contributed by atoms with Crippen molar-refractivity contribution >= 4 is 17.7 Å². The van der Waals surface area contributed by atoms with Crippen LogP contribution in [0.5, 0.6) is 11.5 Å². The maximum atomic E-state index is 12.8. The van der Waals surface area contributed by atoms with E-state index < -0.39 is 5.97 Å². The van der Waals surface area contributed by atoms with Gasteiger partial charge in [0, 0.05) is 11.2 Å². The Morgan fingerprint density at radius 3 is 2.32 bits per heavy atom. The molecule has 0 aromatic heterocycles. The van der Waals surface area contributed by atoms with Crippen LogP contribution in [0.25, 0.3) is 0 Å². The summed E-state index contributed by atoms with van der Waals surface area (Å²) >= 11 is 0. The van der Waals surface area contributed by atoms with E-state index in [-0.39, 0.29) is 17.1 Å². The van der Waals surface area contributed by atoms with Gasteiger partial charge in [-0.05, 0) is 110 Å². The van der Waals surface area contributed by atoms with Gasteiger partial charge in [-0.3, -0.25) is 0 Å². The first-order valence-corrected chi connectivity index (χ1v) is 11.1. The van der Waals surface area contributed by atoms with Gasteiger partial charge in [0.15, 0.2) is 0 Å². The minimum atomic E-state index is -0.967. The second-order valence-corrected chi connectivity index (χ2v) is 10.1. The molecule has 1 spiro atoms. The van der Waals surface area contributed by atoms with Crippen LogP contribution in [0.15, 0.2) is 48.5 Å². The summed E-state index contributed by atoms with van der Waals surface area (Å²) in [5.41, 5.74) is 1.48. The van der Waals surface area contributed by atoms with Crippen LogP contribution in [-0.2, 0) is 0 Å². The molecule has 6 heteroatoms. The Kier molecular flexibility index (Phi) is 3.92. The van der Waals surface area contributed by atoms with Gasteiger partial charge in [-0.2, -0.15) is 0 Å². The lowest BCUT2D eigenvalue weighted by Crippen LogP contribution is -2.51. The van der Waals surface area contributed by atoms with Crippen molar-refractivity contribution < 1.29 is 19.4 Å². The highest BCUT2D eigenvalue weighted by molar-refractivity contribution is 5.90. The molecule has 2 amide bonds. The predicted octanol–water partition coefficient (Wildman–Crippen LogP) is 5.27. The largest absolute Gasteiger partial charge is 0.478 e. The number of rotatable bonds is 5. The first-order chi connectivity index (χ1) is 14.9. The summed E-state index contributed by atoms with van der Waals surface area (Å²) in [6.45, 7) is 0. The monoisotopic (exact) mass is 418 g/mol. The van der Waals surface area contributed by atoms with Gasteiger partial charge in [0.05, 0.1) is 5.56 Å². The summed E-state index contributed by atoms with van der Waals surface area (Å²) in [5, 5.41) is 15.3. The fraction of sp³-hybridized carbons (Fsp3) is 0.440. The number of urea groups is 1. The van der Waals surface area contributed by atoms with Gasteiger partial charge in [-0.1, -0.05) is 0 Å². The van der Waals surface area contributed by atoms with Crippen molar-refractivity contribution in [2.75, 3.05) is 5.32 Å². The molecule has 0 aliphatic heterocycles. The summed E-state index contributed by atoms with van der Waals surface area (Å²) in [4.78, 5) is 23.7. The van der Waals surface area contributed by atoms with Crippen molar-refractivity contribution in [1.29, 1.82) is 0 Å². The fourth-order valence-corrected chi connectivity index (χ4v) is 7.32. The molecule has 31 heavy (non-hydrogen) atoms. The third kappa shape index (κ3) is 2.99. The van der Waals surface area contributed by atoms with Crippen molar-refractivity contribution in [2.45, 2.75) is 44.1 Å². The van der Waals surface area contributed by atoms with Gasteiger partial charge < -0.3 is 20.5 Å².